The molecule has 4 heteroatoms. The largest absolute Gasteiger partial charge is 0.253 e. The summed E-state index contributed by atoms with van der Waals surface area (Å²) in [6.07, 6.45) is 2.33. The van der Waals surface area contributed by atoms with Gasteiger partial charge in [-0.2, -0.15) is 4.98 Å². The second kappa shape index (κ2) is 1.38. The number of halogens is 1. The van der Waals surface area contributed by atoms with Crippen molar-refractivity contribution in [2.24, 2.45) is 0 Å². The Balaban J connectivity index is 3.05. The van der Waals surface area contributed by atoms with Gasteiger partial charge in [0.15, 0.2) is 4.73 Å². The minimum Gasteiger partial charge on any atom is -0.253 e. The molecule has 0 fully saturated rings. The maximum Gasteiger partial charge on any atom is 0.221 e. The van der Waals surface area contributed by atoms with Gasteiger partial charge in [-0.15, -0.1) is 5.10 Å². The fraction of sp³-hybridized carbons (Fsp3) is 0. The lowest BCUT2D eigenvalue weighted by Crippen LogP contribution is -1.61. The topological polar surface area (TPSA) is 41.6 Å². The van der Waals surface area contributed by atoms with Gasteiger partial charge in [0.2, 0.25) is 6.33 Å². The van der Waals surface area contributed by atoms with Crippen LogP contribution >= 0.6 is 15.9 Å². The second-order valence-electron chi connectivity index (χ2n) is 0.726. The summed E-state index contributed by atoms with van der Waals surface area (Å²) in [6.45, 7) is 0. The third-order valence-electron chi connectivity index (χ3n) is 0.346. The maximum atomic E-state index is 3.54. The molecule has 0 saturated heterocycles. The molecule has 1 rings (SSSR count). The number of rotatable bonds is 0. The molecule has 0 unspecified atom stereocenters. The van der Waals surface area contributed by atoms with E-state index in [2.05, 4.69) is 37.4 Å². The highest BCUT2D eigenvalue weighted by atomic mass is 79.9. The van der Waals surface area contributed by atoms with E-state index in [9.17, 15) is 0 Å². The number of hydrogen-bond acceptors (Lipinski definition) is 2. The summed E-state index contributed by atoms with van der Waals surface area (Å²) in [5.74, 6) is 0. The molecule has 0 bridgehead atoms. The predicted molar refractivity (Wildman–Crippen MR) is 22.9 cm³/mol. The number of H-pyrrole nitrogens is 1. The lowest BCUT2D eigenvalue weighted by molar-refractivity contribution is 1.06. The molecule has 1 aromatic rings. The minimum atomic E-state index is 0.613. The molecular weight excluding hydrogens is 146 g/mol. The summed E-state index contributed by atoms with van der Waals surface area (Å²) in [6, 6.07) is 0. The average Bonchev–Trinajstić information content (AvgIpc) is 1.86. The molecule has 3 nitrogen and oxygen atoms in total. The Labute approximate surface area is 42.9 Å². The number of aromatic amines is 1. The van der Waals surface area contributed by atoms with Crippen molar-refractivity contribution in [3.63, 3.8) is 0 Å². The van der Waals surface area contributed by atoms with Crippen molar-refractivity contribution >= 4 is 15.9 Å². The molecule has 0 amide bonds. The quantitative estimate of drug-likeness (QED) is 0.575. The van der Waals surface area contributed by atoms with Gasteiger partial charge in [0.05, 0.1) is 0 Å². The molecule has 6 heavy (non-hydrogen) atoms. The summed E-state index contributed by atoms with van der Waals surface area (Å²) in [5.41, 5.74) is 0. The van der Waals surface area contributed by atoms with E-state index in [1.807, 2.05) is 0 Å². The van der Waals surface area contributed by atoms with Crippen LogP contribution in [0.1, 0.15) is 0 Å². The highest BCUT2D eigenvalue weighted by Gasteiger charge is 1.79. The van der Waals surface area contributed by atoms with Crippen LogP contribution in [0, 0.1) is 6.33 Å². The fourth-order valence-corrected chi connectivity index (χ4v) is 0.333. The number of aromatic nitrogens is 3. The van der Waals surface area contributed by atoms with Crippen LogP contribution in [-0.2, 0) is 0 Å². The van der Waals surface area contributed by atoms with Crippen molar-refractivity contribution in [3.05, 3.63) is 11.1 Å². The van der Waals surface area contributed by atoms with E-state index in [4.69, 9.17) is 0 Å². The van der Waals surface area contributed by atoms with Gasteiger partial charge in [0, 0.05) is 0 Å². The van der Waals surface area contributed by atoms with Crippen molar-refractivity contribution in [2.75, 3.05) is 0 Å². The fourth-order valence-electron chi connectivity index (χ4n) is 0.165. The predicted octanol–water partition coefficient (Wildman–Crippen LogP) is 0.367. The molecule has 31 valence electrons. The SMILES string of the molecule is Brc1n[c]n[nH]1. The van der Waals surface area contributed by atoms with Gasteiger partial charge in [0.25, 0.3) is 0 Å². The molecule has 1 radical (unpaired) electrons. The molecule has 1 aromatic heterocycles. The van der Waals surface area contributed by atoms with Crippen molar-refractivity contribution < 1.29 is 0 Å². The molecule has 1 N–H and O–H groups in total. The Morgan fingerprint density at radius 2 is 2.67 bits per heavy atom. The molecular formula is C2HBrN3. The first-order valence-electron chi connectivity index (χ1n) is 1.33. The highest BCUT2D eigenvalue weighted by molar-refractivity contribution is 9.10. The Kier molecular flexibility index (Phi) is 0.874. The summed E-state index contributed by atoms with van der Waals surface area (Å²) in [4.78, 5) is 3.54. The van der Waals surface area contributed by atoms with Crippen LogP contribution in [-0.4, -0.2) is 15.2 Å². The van der Waals surface area contributed by atoms with E-state index in [0.717, 1.165) is 0 Å². The first kappa shape index (κ1) is 3.80. The van der Waals surface area contributed by atoms with Gasteiger partial charge >= 0.3 is 0 Å². The standard InChI is InChI=1S/C2HBrN3/c3-2-4-1-5-6-2/h(H,4,5,6). The van der Waals surface area contributed by atoms with Crippen LogP contribution in [0.5, 0.6) is 0 Å². The molecule has 0 atom stereocenters. The lowest BCUT2D eigenvalue weighted by Gasteiger charge is -1.62. The number of nitrogens with one attached hydrogen (secondary N) is 1. The number of nitrogens with zero attached hydrogens (tertiary/aromatic N) is 2. The zero-order valence-corrected chi connectivity index (χ0v) is 4.36. The van der Waals surface area contributed by atoms with Crippen molar-refractivity contribution in [2.45, 2.75) is 0 Å². The Hall–Kier alpha value is -0.380. The maximum absolute atomic E-state index is 3.54. The normalized spacial score (nSPS) is 8.83. The Bertz CT molecular complexity index is 112. The highest BCUT2D eigenvalue weighted by Crippen LogP contribution is 1.92. The number of hydrogen-bond donors (Lipinski definition) is 1. The summed E-state index contributed by atoms with van der Waals surface area (Å²) in [5, 5.41) is 5.91. The van der Waals surface area contributed by atoms with Gasteiger partial charge in [-0.05, 0) is 15.9 Å². The zero-order valence-electron chi connectivity index (χ0n) is 2.77. The van der Waals surface area contributed by atoms with Crippen LogP contribution in [0.15, 0.2) is 4.73 Å². The molecule has 0 saturated carbocycles. The zero-order chi connectivity index (χ0) is 4.41. The third kappa shape index (κ3) is 0.567. The van der Waals surface area contributed by atoms with Gasteiger partial charge < -0.3 is 0 Å². The molecule has 0 aliphatic rings. The first-order chi connectivity index (χ1) is 2.89. The molecule has 1 heterocycles. The summed E-state index contributed by atoms with van der Waals surface area (Å²) < 4.78 is 0.613. The minimum absolute atomic E-state index is 0.613. The molecule has 0 aliphatic carbocycles. The van der Waals surface area contributed by atoms with Gasteiger partial charge in [-0.25, -0.2) is 0 Å². The molecule has 0 spiro atoms. The first-order valence-corrected chi connectivity index (χ1v) is 2.13. The van der Waals surface area contributed by atoms with E-state index in [1.165, 1.54) is 0 Å². The summed E-state index contributed by atoms with van der Waals surface area (Å²) in [7, 11) is 0. The lowest BCUT2D eigenvalue weighted by atomic mass is 11.3. The summed E-state index contributed by atoms with van der Waals surface area (Å²) >= 11 is 3.02. The van der Waals surface area contributed by atoms with Crippen molar-refractivity contribution in [1.82, 2.24) is 15.2 Å². The van der Waals surface area contributed by atoms with Crippen molar-refractivity contribution in [1.29, 1.82) is 0 Å². The van der Waals surface area contributed by atoms with Gasteiger partial charge in [-0.1, -0.05) is 0 Å². The van der Waals surface area contributed by atoms with E-state index >= 15 is 0 Å². The van der Waals surface area contributed by atoms with E-state index in [0.29, 0.717) is 4.73 Å². The Morgan fingerprint density at radius 1 is 1.83 bits per heavy atom. The van der Waals surface area contributed by atoms with Gasteiger partial charge in [0.1, 0.15) is 0 Å². The second-order valence-corrected chi connectivity index (χ2v) is 1.48. The van der Waals surface area contributed by atoms with Crippen LogP contribution in [0.2, 0.25) is 0 Å². The Morgan fingerprint density at radius 3 is 2.83 bits per heavy atom. The average molecular weight is 147 g/mol. The van der Waals surface area contributed by atoms with E-state index in [1.54, 1.807) is 0 Å². The third-order valence-corrected chi connectivity index (χ3v) is 0.701. The van der Waals surface area contributed by atoms with Crippen LogP contribution in [0.25, 0.3) is 0 Å². The molecule has 0 aromatic carbocycles. The monoisotopic (exact) mass is 146 g/mol. The van der Waals surface area contributed by atoms with E-state index < -0.39 is 0 Å². The van der Waals surface area contributed by atoms with Gasteiger partial charge in [-0.3, -0.25) is 5.10 Å². The van der Waals surface area contributed by atoms with Crippen molar-refractivity contribution in [3.8, 4) is 0 Å². The van der Waals surface area contributed by atoms with Crippen LogP contribution in [0.4, 0.5) is 0 Å². The molecule has 0 aliphatic heterocycles. The smallest absolute Gasteiger partial charge is 0.221 e. The van der Waals surface area contributed by atoms with E-state index in [-0.39, 0.29) is 0 Å². The van der Waals surface area contributed by atoms with Crippen LogP contribution < -0.4 is 0 Å². The van der Waals surface area contributed by atoms with Crippen LogP contribution in [0.3, 0.4) is 0 Å².